The molecule has 45 heavy (non-hydrogen) atoms. The Morgan fingerprint density at radius 3 is 2.00 bits per heavy atom. The molecule has 0 atom stereocenters. The van der Waals surface area contributed by atoms with E-state index in [0.717, 1.165) is 61.6 Å². The first-order chi connectivity index (χ1) is 22.2. The first-order valence-corrected chi connectivity index (χ1v) is 15.0. The van der Waals surface area contributed by atoms with E-state index in [0.29, 0.717) is 6.42 Å². The summed E-state index contributed by atoms with van der Waals surface area (Å²) in [5.41, 5.74) is 8.40. The molecule has 0 radical (unpaired) electrons. The van der Waals surface area contributed by atoms with Gasteiger partial charge in [0.15, 0.2) is 11.5 Å². The number of benzene rings is 4. The number of rotatable bonds is 7. The largest absolute Gasteiger partial charge is 0.312 e. The molecule has 0 N–H and O–H groups in total. The summed E-state index contributed by atoms with van der Waals surface area (Å²) in [6.45, 7) is 1.97. The molecule has 0 saturated heterocycles. The van der Waals surface area contributed by atoms with Crippen molar-refractivity contribution in [1.82, 2.24) is 34.3 Å². The molecule has 0 spiro atoms. The van der Waals surface area contributed by atoms with E-state index in [4.69, 9.17) is 9.97 Å². The van der Waals surface area contributed by atoms with Gasteiger partial charge in [-0.15, -0.1) is 10.2 Å². The van der Waals surface area contributed by atoms with E-state index in [1.165, 1.54) is 0 Å². The lowest BCUT2D eigenvalue weighted by Gasteiger charge is -2.38. The lowest BCUT2D eigenvalue weighted by molar-refractivity contribution is 0.519. The van der Waals surface area contributed by atoms with Gasteiger partial charge in [-0.05, 0) is 59.5 Å². The number of hydrogen-bond acceptors (Lipinski definition) is 5. The van der Waals surface area contributed by atoms with Crippen LogP contribution in [-0.2, 0) is 12.0 Å². The van der Waals surface area contributed by atoms with Crippen molar-refractivity contribution in [1.29, 1.82) is 0 Å². The van der Waals surface area contributed by atoms with Crippen LogP contribution in [-0.4, -0.2) is 34.3 Å². The molecule has 0 unspecified atom stereocenters. The molecule has 0 aliphatic rings. The van der Waals surface area contributed by atoms with Crippen LogP contribution in [0.3, 0.4) is 0 Å². The molecule has 0 aliphatic heterocycles. The van der Waals surface area contributed by atoms with Gasteiger partial charge in [-0.3, -0.25) is 4.98 Å². The van der Waals surface area contributed by atoms with E-state index < -0.39 is 5.54 Å². The minimum absolute atomic E-state index is 0.606. The Balaban J connectivity index is 1.28. The Morgan fingerprint density at radius 1 is 0.667 bits per heavy atom. The third kappa shape index (κ3) is 4.57. The van der Waals surface area contributed by atoms with Crippen LogP contribution < -0.4 is 0 Å². The molecule has 7 heteroatoms. The topological polar surface area (TPSA) is 73.8 Å². The zero-order chi connectivity index (χ0) is 30.2. The number of pyridine rings is 1. The van der Waals surface area contributed by atoms with Crippen LogP contribution in [0.5, 0.6) is 0 Å². The number of aromatic nitrogens is 7. The molecule has 4 aromatic heterocycles. The molecule has 0 fully saturated rings. The Kier molecular flexibility index (Phi) is 6.49. The summed E-state index contributed by atoms with van der Waals surface area (Å²) >= 11 is 0. The number of aryl methyl sites for hydroxylation is 1. The molecule has 8 rings (SSSR count). The first-order valence-electron chi connectivity index (χ1n) is 15.0. The minimum atomic E-state index is -0.674. The predicted molar refractivity (Wildman–Crippen MR) is 176 cm³/mol. The monoisotopic (exact) mass is 583 g/mol. The molecule has 4 heterocycles. The van der Waals surface area contributed by atoms with E-state index >= 15 is 0 Å². The summed E-state index contributed by atoms with van der Waals surface area (Å²) in [6.07, 6.45) is 6.43. The van der Waals surface area contributed by atoms with Crippen LogP contribution >= 0.6 is 0 Å². The van der Waals surface area contributed by atoms with Crippen LogP contribution in [0.15, 0.2) is 146 Å². The molecule has 216 valence electrons. The van der Waals surface area contributed by atoms with Crippen LogP contribution in [0.25, 0.3) is 27.8 Å². The van der Waals surface area contributed by atoms with Crippen LogP contribution in [0.4, 0.5) is 0 Å². The summed E-state index contributed by atoms with van der Waals surface area (Å²) in [5, 5.41) is 14.4. The van der Waals surface area contributed by atoms with Gasteiger partial charge in [0.2, 0.25) is 0 Å². The lowest BCUT2D eigenvalue weighted by Crippen LogP contribution is -2.37. The SMILES string of the molecule is Cc1ccc2nnc(Cc3ccc4ncc(-c5cncn5C(c5ccccc5)(c5ccccc5)c5ccccc5)cc4c3)n2n1. The standard InChI is InChI=1S/C38H29N7/c1-27-17-20-36-41-42-37(45(36)43-27)22-28-18-19-34-29(21-28)23-30(24-40-34)35-25-39-26-44(35)38(31-11-5-2-6-12-31,32-13-7-3-8-14-32)33-15-9-4-10-16-33/h2-21,23-26H,22H2,1H3. The van der Waals surface area contributed by atoms with Gasteiger partial charge in [0.1, 0.15) is 5.54 Å². The maximum atomic E-state index is 4.89. The van der Waals surface area contributed by atoms with Crippen molar-refractivity contribution in [3.63, 3.8) is 0 Å². The highest BCUT2D eigenvalue weighted by Gasteiger charge is 2.39. The van der Waals surface area contributed by atoms with Gasteiger partial charge >= 0.3 is 0 Å². The fourth-order valence-corrected chi connectivity index (χ4v) is 6.38. The fourth-order valence-electron chi connectivity index (χ4n) is 6.38. The van der Waals surface area contributed by atoms with Crippen molar-refractivity contribution in [2.24, 2.45) is 0 Å². The van der Waals surface area contributed by atoms with Gasteiger partial charge in [-0.1, -0.05) is 97.1 Å². The summed E-state index contributed by atoms with van der Waals surface area (Å²) in [4.78, 5) is 9.63. The van der Waals surface area contributed by atoms with Gasteiger partial charge in [-0.2, -0.15) is 9.61 Å². The van der Waals surface area contributed by atoms with Crippen molar-refractivity contribution >= 4 is 16.6 Å². The molecule has 4 aromatic carbocycles. The highest BCUT2D eigenvalue weighted by Crippen LogP contribution is 2.43. The minimum Gasteiger partial charge on any atom is -0.312 e. The van der Waals surface area contributed by atoms with Gasteiger partial charge in [0, 0.05) is 23.6 Å². The zero-order valence-corrected chi connectivity index (χ0v) is 24.7. The maximum absolute atomic E-state index is 4.89. The van der Waals surface area contributed by atoms with Gasteiger partial charge < -0.3 is 4.57 Å². The van der Waals surface area contributed by atoms with E-state index in [1.807, 2.05) is 42.3 Å². The van der Waals surface area contributed by atoms with Gasteiger partial charge in [-0.25, -0.2) is 4.98 Å². The Labute approximate surface area is 260 Å². The molecular formula is C38H29N7. The van der Waals surface area contributed by atoms with E-state index in [-0.39, 0.29) is 0 Å². The average Bonchev–Trinajstić information content (AvgIpc) is 3.74. The average molecular weight is 584 g/mol. The highest BCUT2D eigenvalue weighted by molar-refractivity contribution is 5.84. The third-order valence-corrected chi connectivity index (χ3v) is 8.44. The third-order valence-electron chi connectivity index (χ3n) is 8.44. The molecule has 0 bridgehead atoms. The molecule has 0 saturated carbocycles. The number of imidazole rings is 1. The van der Waals surface area contributed by atoms with E-state index in [1.54, 1.807) is 0 Å². The lowest BCUT2D eigenvalue weighted by atomic mass is 9.76. The number of hydrogen-bond donors (Lipinski definition) is 0. The van der Waals surface area contributed by atoms with Gasteiger partial charge in [0.05, 0.1) is 29.4 Å². The summed E-state index contributed by atoms with van der Waals surface area (Å²) in [5.74, 6) is 0.800. The second kappa shape index (κ2) is 11.0. The van der Waals surface area contributed by atoms with Gasteiger partial charge in [0.25, 0.3) is 0 Å². The summed E-state index contributed by atoms with van der Waals surface area (Å²) < 4.78 is 4.11. The Bertz CT molecular complexity index is 2160. The van der Waals surface area contributed by atoms with Crippen molar-refractivity contribution < 1.29 is 0 Å². The molecule has 7 nitrogen and oxygen atoms in total. The van der Waals surface area contributed by atoms with Crippen LogP contribution in [0, 0.1) is 6.92 Å². The normalized spacial score (nSPS) is 11.8. The molecule has 8 aromatic rings. The second-order valence-electron chi connectivity index (χ2n) is 11.2. The number of nitrogens with zero attached hydrogens (tertiary/aromatic N) is 7. The van der Waals surface area contributed by atoms with Crippen molar-refractivity contribution in [2.45, 2.75) is 18.9 Å². The Morgan fingerprint density at radius 2 is 1.33 bits per heavy atom. The summed E-state index contributed by atoms with van der Waals surface area (Å²) in [6, 6.07) is 44.4. The van der Waals surface area contributed by atoms with Crippen LogP contribution in [0.2, 0.25) is 0 Å². The smallest absolute Gasteiger partial charge is 0.177 e. The fraction of sp³-hybridized carbons (Fsp3) is 0.0789. The first kappa shape index (κ1) is 26.7. The maximum Gasteiger partial charge on any atom is 0.177 e. The molecule has 0 amide bonds. The predicted octanol–water partition coefficient (Wildman–Crippen LogP) is 7.28. The summed E-state index contributed by atoms with van der Waals surface area (Å²) in [7, 11) is 0. The second-order valence-corrected chi connectivity index (χ2v) is 11.2. The highest BCUT2D eigenvalue weighted by atomic mass is 15.4. The Hall–Kier alpha value is -5.95. The van der Waals surface area contributed by atoms with E-state index in [2.05, 4.69) is 135 Å². The quantitative estimate of drug-likeness (QED) is 0.185. The van der Waals surface area contributed by atoms with E-state index in [9.17, 15) is 0 Å². The molecular weight excluding hydrogens is 554 g/mol. The van der Waals surface area contributed by atoms with Crippen molar-refractivity contribution in [3.05, 3.63) is 180 Å². The van der Waals surface area contributed by atoms with Crippen LogP contribution in [0.1, 0.15) is 33.8 Å². The zero-order valence-electron chi connectivity index (χ0n) is 24.7. The molecule has 0 aliphatic carbocycles. The number of fused-ring (bicyclic) bond motifs is 2. The van der Waals surface area contributed by atoms with Crippen molar-refractivity contribution in [3.8, 4) is 11.3 Å². The van der Waals surface area contributed by atoms with Crippen molar-refractivity contribution in [2.75, 3.05) is 0 Å².